The van der Waals surface area contributed by atoms with E-state index in [1.54, 1.807) is 12.3 Å². The number of H-pyrrole nitrogens is 1. The van der Waals surface area contributed by atoms with E-state index in [9.17, 15) is 13.2 Å². The van der Waals surface area contributed by atoms with Crippen LogP contribution in [-0.2, 0) is 9.84 Å². The lowest BCUT2D eigenvalue weighted by atomic mass is 10.2. The quantitative estimate of drug-likeness (QED) is 0.783. The van der Waals surface area contributed by atoms with E-state index in [2.05, 4.69) is 15.6 Å². The molecular weight excluding hydrogens is 278 g/mol. The van der Waals surface area contributed by atoms with Crippen LogP contribution in [0.3, 0.4) is 0 Å². The fraction of sp³-hybridized carbons (Fsp3) is 0.308. The lowest BCUT2D eigenvalue weighted by Crippen LogP contribution is -2.38. The van der Waals surface area contributed by atoms with Crippen molar-refractivity contribution in [2.24, 2.45) is 0 Å². The molecule has 7 heteroatoms. The van der Waals surface area contributed by atoms with E-state index in [1.165, 1.54) is 0 Å². The van der Waals surface area contributed by atoms with Crippen molar-refractivity contribution in [2.75, 3.05) is 16.8 Å². The van der Waals surface area contributed by atoms with Crippen LogP contribution in [0, 0.1) is 0 Å². The van der Waals surface area contributed by atoms with Gasteiger partial charge in [-0.2, -0.15) is 0 Å². The lowest BCUT2D eigenvalue weighted by molar-refractivity contribution is 0.249. The third-order valence-electron chi connectivity index (χ3n) is 3.41. The number of amides is 2. The predicted molar refractivity (Wildman–Crippen MR) is 77.5 cm³/mol. The highest BCUT2D eigenvalue weighted by Crippen LogP contribution is 2.22. The molecule has 0 aliphatic carbocycles. The number of fused-ring (bicyclic) bond motifs is 1. The number of urea groups is 1. The van der Waals surface area contributed by atoms with Crippen molar-refractivity contribution < 1.29 is 13.2 Å². The van der Waals surface area contributed by atoms with E-state index in [1.807, 2.05) is 18.2 Å². The number of aromatic amines is 1. The standard InChI is InChI=1S/C13H15N3O3S/c17-13(15-9-5-7-20(18,19)8-9)16-12-3-1-2-11-10(12)4-6-14-11/h1-4,6,9,14H,5,7-8H2,(H2,15,16,17)/t9-/m1/s1. The van der Waals surface area contributed by atoms with Gasteiger partial charge in [-0.3, -0.25) is 0 Å². The molecule has 0 spiro atoms. The molecule has 1 atom stereocenters. The number of hydrogen-bond donors (Lipinski definition) is 3. The first-order valence-corrected chi connectivity index (χ1v) is 8.20. The molecule has 2 heterocycles. The number of sulfone groups is 1. The summed E-state index contributed by atoms with van der Waals surface area (Å²) in [7, 11) is -2.99. The first-order valence-electron chi connectivity index (χ1n) is 6.37. The second kappa shape index (κ2) is 4.82. The molecule has 1 fully saturated rings. The van der Waals surface area contributed by atoms with Crippen LogP contribution in [-0.4, -0.2) is 37.0 Å². The maximum absolute atomic E-state index is 11.9. The molecular formula is C13H15N3O3S. The van der Waals surface area contributed by atoms with Crippen molar-refractivity contribution in [3.05, 3.63) is 30.5 Å². The summed E-state index contributed by atoms with van der Waals surface area (Å²) in [5, 5.41) is 6.38. The zero-order valence-corrected chi connectivity index (χ0v) is 11.5. The Hall–Kier alpha value is -2.02. The molecule has 1 saturated heterocycles. The highest BCUT2D eigenvalue weighted by atomic mass is 32.2. The summed E-state index contributed by atoms with van der Waals surface area (Å²) in [6, 6.07) is 6.77. The van der Waals surface area contributed by atoms with Crippen LogP contribution in [0.2, 0.25) is 0 Å². The maximum atomic E-state index is 11.9. The topological polar surface area (TPSA) is 91.1 Å². The Balaban J connectivity index is 1.69. The number of aromatic nitrogens is 1. The highest BCUT2D eigenvalue weighted by Gasteiger charge is 2.28. The molecule has 6 nitrogen and oxygen atoms in total. The monoisotopic (exact) mass is 293 g/mol. The normalized spacial score (nSPS) is 20.9. The Bertz CT molecular complexity index is 751. The van der Waals surface area contributed by atoms with E-state index in [0.29, 0.717) is 12.1 Å². The second-order valence-electron chi connectivity index (χ2n) is 4.94. The van der Waals surface area contributed by atoms with Crippen LogP contribution in [0.5, 0.6) is 0 Å². The molecule has 2 amide bonds. The fourth-order valence-corrected chi connectivity index (χ4v) is 4.12. The molecule has 1 aliphatic heterocycles. The SMILES string of the molecule is O=C(Nc1cccc2[nH]ccc12)N[C@@H]1CCS(=O)(=O)C1. The molecule has 106 valence electrons. The van der Waals surface area contributed by atoms with E-state index in [0.717, 1.165) is 10.9 Å². The van der Waals surface area contributed by atoms with Crippen molar-refractivity contribution in [1.82, 2.24) is 10.3 Å². The number of anilines is 1. The molecule has 0 bridgehead atoms. The molecule has 0 unspecified atom stereocenters. The summed E-state index contributed by atoms with van der Waals surface area (Å²) in [5.41, 5.74) is 1.63. The second-order valence-corrected chi connectivity index (χ2v) is 7.17. The predicted octanol–water partition coefficient (Wildman–Crippen LogP) is 1.48. The van der Waals surface area contributed by atoms with Crippen molar-refractivity contribution in [2.45, 2.75) is 12.5 Å². The van der Waals surface area contributed by atoms with Crippen LogP contribution in [0.4, 0.5) is 10.5 Å². The van der Waals surface area contributed by atoms with E-state index in [-0.39, 0.29) is 23.6 Å². The van der Waals surface area contributed by atoms with Gasteiger partial charge in [-0.25, -0.2) is 13.2 Å². The van der Waals surface area contributed by atoms with Crippen molar-refractivity contribution in [3.63, 3.8) is 0 Å². The Labute approximate surface area is 116 Å². The minimum Gasteiger partial charge on any atom is -0.361 e. The van der Waals surface area contributed by atoms with Gasteiger partial charge in [0.15, 0.2) is 9.84 Å². The molecule has 1 aliphatic rings. The van der Waals surface area contributed by atoms with Crippen molar-refractivity contribution in [3.8, 4) is 0 Å². The Morgan fingerprint density at radius 1 is 1.30 bits per heavy atom. The smallest absolute Gasteiger partial charge is 0.319 e. The summed E-state index contributed by atoms with van der Waals surface area (Å²) in [6.45, 7) is 0. The van der Waals surface area contributed by atoms with Gasteiger partial charge in [0.25, 0.3) is 0 Å². The molecule has 2 aromatic rings. The van der Waals surface area contributed by atoms with Gasteiger partial charge in [0.05, 0.1) is 17.2 Å². The first kappa shape index (κ1) is 13.0. The summed E-state index contributed by atoms with van der Waals surface area (Å²) >= 11 is 0. The summed E-state index contributed by atoms with van der Waals surface area (Å²) < 4.78 is 22.7. The summed E-state index contributed by atoms with van der Waals surface area (Å²) in [4.78, 5) is 15.0. The van der Waals surface area contributed by atoms with Gasteiger partial charge in [-0.15, -0.1) is 0 Å². The number of hydrogen-bond acceptors (Lipinski definition) is 3. The third-order valence-corrected chi connectivity index (χ3v) is 5.18. The van der Waals surface area contributed by atoms with Gasteiger partial charge in [-0.1, -0.05) is 6.07 Å². The van der Waals surface area contributed by atoms with Crippen LogP contribution in [0.1, 0.15) is 6.42 Å². The van der Waals surface area contributed by atoms with E-state index in [4.69, 9.17) is 0 Å². The largest absolute Gasteiger partial charge is 0.361 e. The Kier molecular flexibility index (Phi) is 3.13. The van der Waals surface area contributed by atoms with Gasteiger partial charge in [0.1, 0.15) is 0 Å². The van der Waals surface area contributed by atoms with Gasteiger partial charge in [0.2, 0.25) is 0 Å². The van der Waals surface area contributed by atoms with Crippen molar-refractivity contribution in [1.29, 1.82) is 0 Å². The Morgan fingerprint density at radius 3 is 2.90 bits per heavy atom. The van der Waals surface area contributed by atoms with Crippen LogP contribution in [0.15, 0.2) is 30.5 Å². The minimum atomic E-state index is -2.99. The van der Waals surface area contributed by atoms with E-state index >= 15 is 0 Å². The molecule has 0 radical (unpaired) electrons. The third kappa shape index (κ3) is 2.62. The average molecular weight is 293 g/mol. The van der Waals surface area contributed by atoms with Gasteiger partial charge in [-0.05, 0) is 24.6 Å². The number of benzene rings is 1. The van der Waals surface area contributed by atoms with Gasteiger partial charge >= 0.3 is 6.03 Å². The molecule has 1 aromatic heterocycles. The summed E-state index contributed by atoms with van der Waals surface area (Å²) in [6.07, 6.45) is 2.28. The number of carbonyl (C=O) groups excluding carboxylic acids is 1. The minimum absolute atomic E-state index is 0.0226. The fourth-order valence-electron chi connectivity index (χ4n) is 2.45. The maximum Gasteiger partial charge on any atom is 0.319 e. The lowest BCUT2D eigenvalue weighted by Gasteiger charge is -2.12. The van der Waals surface area contributed by atoms with Crippen LogP contribution >= 0.6 is 0 Å². The van der Waals surface area contributed by atoms with Crippen LogP contribution < -0.4 is 10.6 Å². The van der Waals surface area contributed by atoms with Crippen LogP contribution in [0.25, 0.3) is 10.9 Å². The average Bonchev–Trinajstić information content (AvgIpc) is 2.96. The number of nitrogens with one attached hydrogen (secondary N) is 3. The molecule has 3 rings (SSSR count). The first-order chi connectivity index (χ1) is 9.53. The van der Waals surface area contributed by atoms with Crippen molar-refractivity contribution >= 4 is 32.5 Å². The summed E-state index contributed by atoms with van der Waals surface area (Å²) in [5.74, 6) is 0.167. The zero-order valence-electron chi connectivity index (χ0n) is 10.7. The number of carbonyl (C=O) groups is 1. The zero-order chi connectivity index (χ0) is 14.2. The van der Waals surface area contributed by atoms with Gasteiger partial charge < -0.3 is 15.6 Å². The number of rotatable bonds is 2. The Morgan fingerprint density at radius 2 is 2.15 bits per heavy atom. The molecule has 0 saturated carbocycles. The molecule has 3 N–H and O–H groups in total. The highest BCUT2D eigenvalue weighted by molar-refractivity contribution is 7.91. The van der Waals surface area contributed by atoms with Gasteiger partial charge in [0, 0.05) is 23.1 Å². The molecule has 20 heavy (non-hydrogen) atoms. The molecule has 1 aromatic carbocycles. The van der Waals surface area contributed by atoms with E-state index < -0.39 is 9.84 Å².